The number of methoxy groups -OCH3 is 2. The second-order valence-corrected chi connectivity index (χ2v) is 7.97. The third kappa shape index (κ3) is 4.97. The van der Waals surface area contributed by atoms with E-state index in [1.54, 1.807) is 24.4 Å². The summed E-state index contributed by atoms with van der Waals surface area (Å²) in [4.78, 5) is 27.4. The van der Waals surface area contributed by atoms with Crippen LogP contribution >= 0.6 is 11.6 Å². The first kappa shape index (κ1) is 23.1. The van der Waals surface area contributed by atoms with Crippen LogP contribution in [0, 0.1) is 0 Å². The maximum absolute atomic E-state index is 12.5. The molecule has 34 heavy (non-hydrogen) atoms. The Kier molecular flexibility index (Phi) is 6.99. The first-order chi connectivity index (χ1) is 16.5. The number of aromatic nitrogens is 1. The van der Waals surface area contributed by atoms with Crippen molar-refractivity contribution in [3.05, 3.63) is 105 Å². The van der Waals surface area contributed by atoms with Crippen LogP contribution in [0.2, 0.25) is 5.02 Å². The van der Waals surface area contributed by atoms with Crippen molar-refractivity contribution in [2.24, 2.45) is 0 Å². The molecular weight excluding hydrogens is 452 g/mol. The van der Waals surface area contributed by atoms with Crippen molar-refractivity contribution in [3.8, 4) is 11.5 Å². The Bertz CT molecular complexity index is 1440. The Morgan fingerprint density at radius 3 is 2.59 bits per heavy atom. The molecule has 172 valence electrons. The number of aromatic amines is 1. The molecule has 4 rings (SSSR count). The van der Waals surface area contributed by atoms with Crippen LogP contribution < -0.4 is 20.3 Å². The fourth-order valence-corrected chi connectivity index (χ4v) is 4.07. The third-order valence-electron chi connectivity index (χ3n) is 5.41. The number of ether oxygens (including phenoxy) is 2. The number of hydrogen-bond acceptors (Lipinski definition) is 4. The van der Waals surface area contributed by atoms with Crippen LogP contribution in [-0.4, -0.2) is 25.1 Å². The Hall–Kier alpha value is -4.03. The number of anilines is 1. The zero-order valence-electron chi connectivity index (χ0n) is 18.7. The first-order valence-electron chi connectivity index (χ1n) is 10.6. The fraction of sp³-hybridized carbons (Fsp3) is 0.111. The molecule has 1 amide bonds. The van der Waals surface area contributed by atoms with Gasteiger partial charge >= 0.3 is 0 Å². The lowest BCUT2D eigenvalue weighted by atomic mass is 10.0. The molecule has 1 aromatic heterocycles. The lowest BCUT2D eigenvalue weighted by Crippen LogP contribution is -2.09. The van der Waals surface area contributed by atoms with Crippen LogP contribution in [0.25, 0.3) is 16.8 Å². The number of hydrogen-bond donors (Lipinski definition) is 2. The molecule has 6 nitrogen and oxygen atoms in total. The van der Waals surface area contributed by atoms with Crippen molar-refractivity contribution >= 4 is 40.0 Å². The molecule has 4 aromatic rings. The highest BCUT2D eigenvalue weighted by atomic mass is 35.5. The maximum atomic E-state index is 12.5. The summed E-state index contributed by atoms with van der Waals surface area (Å²) in [6, 6.07) is 18.6. The maximum Gasteiger partial charge on any atom is 0.255 e. The Morgan fingerprint density at radius 2 is 1.82 bits per heavy atom. The topological polar surface area (TPSA) is 80.4 Å². The van der Waals surface area contributed by atoms with Gasteiger partial charge < -0.3 is 19.8 Å². The highest BCUT2D eigenvalue weighted by Crippen LogP contribution is 2.37. The number of pyridine rings is 1. The molecule has 0 spiro atoms. The van der Waals surface area contributed by atoms with Gasteiger partial charge in [-0.25, -0.2) is 0 Å². The van der Waals surface area contributed by atoms with E-state index in [0.717, 1.165) is 16.5 Å². The van der Waals surface area contributed by atoms with Gasteiger partial charge in [0.15, 0.2) is 11.5 Å². The van der Waals surface area contributed by atoms with Gasteiger partial charge in [-0.3, -0.25) is 9.59 Å². The highest BCUT2D eigenvalue weighted by Gasteiger charge is 2.12. The summed E-state index contributed by atoms with van der Waals surface area (Å²) in [6.07, 6.45) is 5.38. The Labute approximate surface area is 201 Å². The summed E-state index contributed by atoms with van der Waals surface area (Å²) in [5.41, 5.74) is 3.19. The van der Waals surface area contributed by atoms with E-state index in [1.165, 1.54) is 20.3 Å². The van der Waals surface area contributed by atoms with Gasteiger partial charge in [0.1, 0.15) is 0 Å². The number of rotatable bonds is 7. The average Bonchev–Trinajstić information content (AvgIpc) is 2.85. The van der Waals surface area contributed by atoms with Gasteiger partial charge in [0.05, 0.1) is 19.2 Å². The summed E-state index contributed by atoms with van der Waals surface area (Å²) in [5, 5.41) is 4.80. The van der Waals surface area contributed by atoms with Crippen molar-refractivity contribution in [1.29, 1.82) is 0 Å². The van der Waals surface area contributed by atoms with Gasteiger partial charge in [-0.05, 0) is 64.9 Å². The van der Waals surface area contributed by atoms with E-state index in [2.05, 4.69) is 10.3 Å². The first-order valence-corrected chi connectivity index (χ1v) is 11.0. The van der Waals surface area contributed by atoms with Gasteiger partial charge in [0, 0.05) is 23.3 Å². The van der Waals surface area contributed by atoms with Crippen LogP contribution in [0.5, 0.6) is 11.5 Å². The molecule has 0 fully saturated rings. The minimum atomic E-state index is -0.294. The number of fused-ring (bicyclic) bond motifs is 1. The number of nitrogens with one attached hydrogen (secondary N) is 2. The molecule has 0 saturated heterocycles. The van der Waals surface area contributed by atoms with Crippen molar-refractivity contribution in [2.45, 2.75) is 6.42 Å². The fourth-order valence-electron chi connectivity index (χ4n) is 3.78. The van der Waals surface area contributed by atoms with Crippen LogP contribution in [0.1, 0.15) is 16.7 Å². The van der Waals surface area contributed by atoms with Crippen molar-refractivity contribution < 1.29 is 14.3 Å². The molecule has 0 radical (unpaired) electrons. The van der Waals surface area contributed by atoms with E-state index in [9.17, 15) is 9.59 Å². The molecule has 3 aromatic carbocycles. The predicted octanol–water partition coefficient (Wildman–Crippen LogP) is 5.44. The van der Waals surface area contributed by atoms with E-state index in [-0.39, 0.29) is 11.5 Å². The van der Waals surface area contributed by atoms with Crippen LogP contribution in [-0.2, 0) is 11.2 Å². The summed E-state index contributed by atoms with van der Waals surface area (Å²) >= 11 is 6.38. The second-order valence-electron chi connectivity index (χ2n) is 7.59. The molecule has 1 heterocycles. The summed E-state index contributed by atoms with van der Waals surface area (Å²) in [5.74, 6) is 0.632. The molecule has 0 saturated carbocycles. The Morgan fingerprint density at radius 1 is 1.03 bits per heavy atom. The van der Waals surface area contributed by atoms with Crippen molar-refractivity contribution in [3.63, 3.8) is 0 Å². The van der Waals surface area contributed by atoms with Crippen molar-refractivity contribution in [1.82, 2.24) is 4.98 Å². The number of carbonyl (C=O) groups excluding carboxylic acids is 1. The zero-order chi connectivity index (χ0) is 24.1. The Balaban J connectivity index is 1.50. The molecule has 7 heteroatoms. The van der Waals surface area contributed by atoms with E-state index < -0.39 is 0 Å². The predicted molar refractivity (Wildman–Crippen MR) is 136 cm³/mol. The second kappa shape index (κ2) is 10.3. The smallest absolute Gasteiger partial charge is 0.255 e. The molecule has 2 N–H and O–H groups in total. The van der Waals surface area contributed by atoms with E-state index in [4.69, 9.17) is 21.1 Å². The normalized spacial score (nSPS) is 11.0. The van der Waals surface area contributed by atoms with Crippen LogP contribution in [0.3, 0.4) is 0 Å². The number of carbonyl (C=O) groups is 1. The number of benzene rings is 3. The average molecular weight is 475 g/mol. The summed E-state index contributed by atoms with van der Waals surface area (Å²) in [7, 11) is 3.04. The molecule has 0 unspecified atom stereocenters. The standard InChI is InChI=1S/C27H23ClN2O4/c1-33-23-12-10-18(25(28)26(23)34-2)11-13-24(31)30-20-7-5-6-17(15-20)14-19-16-29-27(32)22-9-4-3-8-21(19)22/h3-13,15-16H,14H2,1-2H3,(H,29,32)(H,30,31)/b13-11+. The van der Waals surface area contributed by atoms with E-state index in [0.29, 0.717) is 39.6 Å². The number of H-pyrrole nitrogens is 1. The van der Waals surface area contributed by atoms with Gasteiger partial charge in [-0.1, -0.05) is 41.9 Å². The quantitative estimate of drug-likeness (QED) is 0.349. The largest absolute Gasteiger partial charge is 0.493 e. The summed E-state index contributed by atoms with van der Waals surface area (Å²) < 4.78 is 10.5. The minimum Gasteiger partial charge on any atom is -0.493 e. The minimum absolute atomic E-state index is 0.110. The van der Waals surface area contributed by atoms with Gasteiger partial charge in [-0.2, -0.15) is 0 Å². The molecule has 0 atom stereocenters. The van der Waals surface area contributed by atoms with Gasteiger partial charge in [0.2, 0.25) is 5.91 Å². The van der Waals surface area contributed by atoms with Crippen LogP contribution in [0.15, 0.2) is 77.7 Å². The van der Waals surface area contributed by atoms with Crippen molar-refractivity contribution in [2.75, 3.05) is 19.5 Å². The molecular formula is C27H23ClN2O4. The molecule has 0 aliphatic heterocycles. The number of amides is 1. The van der Waals surface area contributed by atoms with Gasteiger partial charge in [-0.15, -0.1) is 0 Å². The molecule has 0 bridgehead atoms. The van der Waals surface area contributed by atoms with E-state index >= 15 is 0 Å². The molecule has 0 aliphatic rings. The van der Waals surface area contributed by atoms with Gasteiger partial charge in [0.25, 0.3) is 5.56 Å². The van der Waals surface area contributed by atoms with E-state index in [1.807, 2.05) is 48.5 Å². The number of halogens is 1. The molecule has 0 aliphatic carbocycles. The lowest BCUT2D eigenvalue weighted by molar-refractivity contribution is -0.111. The monoisotopic (exact) mass is 474 g/mol. The zero-order valence-corrected chi connectivity index (χ0v) is 19.5. The highest BCUT2D eigenvalue weighted by molar-refractivity contribution is 6.34. The summed E-state index contributed by atoms with van der Waals surface area (Å²) in [6.45, 7) is 0. The lowest BCUT2D eigenvalue weighted by Gasteiger charge is -2.11. The third-order valence-corrected chi connectivity index (χ3v) is 5.80. The SMILES string of the molecule is COc1ccc(/C=C/C(=O)Nc2cccc(Cc3c[nH]c(=O)c4ccccc34)c2)c(Cl)c1OC. The van der Waals surface area contributed by atoms with Crippen LogP contribution in [0.4, 0.5) is 5.69 Å².